The molecule has 0 fully saturated rings. The molecule has 0 spiro atoms. The van der Waals surface area contributed by atoms with Gasteiger partial charge < -0.3 is 4.90 Å². The first-order valence-corrected chi connectivity index (χ1v) is 9.50. The van der Waals surface area contributed by atoms with E-state index >= 15 is 0 Å². The minimum Gasteiger partial charge on any atom is -0.308 e. The third-order valence-corrected chi connectivity index (χ3v) is 5.36. The lowest BCUT2D eigenvalue weighted by molar-refractivity contribution is -0.116. The molecule has 0 saturated heterocycles. The molecule has 27 heavy (non-hydrogen) atoms. The summed E-state index contributed by atoms with van der Waals surface area (Å²) in [4.78, 5) is 18.7. The number of aryl methyl sites for hydroxylation is 3. The van der Waals surface area contributed by atoms with Crippen LogP contribution in [0.15, 0.2) is 54.7 Å². The monoisotopic (exact) mass is 376 g/mol. The second-order valence-corrected chi connectivity index (χ2v) is 7.52. The lowest BCUT2D eigenvalue weighted by Gasteiger charge is -2.28. The highest BCUT2D eigenvalue weighted by atomic mass is 35.5. The number of halogens is 1. The van der Waals surface area contributed by atoms with Crippen LogP contribution in [0.5, 0.6) is 0 Å². The van der Waals surface area contributed by atoms with Crippen molar-refractivity contribution in [2.75, 3.05) is 4.90 Å². The van der Waals surface area contributed by atoms with Crippen molar-refractivity contribution in [1.82, 2.24) is 4.98 Å². The van der Waals surface area contributed by atoms with E-state index in [2.05, 4.69) is 36.2 Å². The molecule has 1 aromatic heterocycles. The molecule has 2 aromatic carbocycles. The topological polar surface area (TPSA) is 33.2 Å². The average Bonchev–Trinajstić information content (AvgIpc) is 2.63. The maximum Gasteiger partial charge on any atom is 0.224 e. The molecule has 136 valence electrons. The molecule has 4 rings (SSSR count). The Balaban J connectivity index is 1.77. The standard InChI is InChI=1S/C23H21ClN2O/c1-15-9-10-25-22(11-15)18-4-6-20-14-26(16(2)27)23-8-7-21(24)13-19(23)5-3-17(20)12-18/h4,6-13H,3,5,14H2,1-2H3. The molecule has 0 atom stereocenters. The number of hydrogen-bond acceptors (Lipinski definition) is 2. The van der Waals surface area contributed by atoms with Crippen LogP contribution in [-0.2, 0) is 24.2 Å². The number of hydrogen-bond donors (Lipinski definition) is 0. The minimum atomic E-state index is 0.0378. The molecule has 1 aliphatic heterocycles. The van der Waals surface area contributed by atoms with Crippen molar-refractivity contribution < 1.29 is 4.79 Å². The first kappa shape index (κ1) is 17.7. The van der Waals surface area contributed by atoms with Gasteiger partial charge in [0, 0.05) is 29.4 Å². The van der Waals surface area contributed by atoms with Crippen LogP contribution in [0.3, 0.4) is 0 Å². The number of amides is 1. The van der Waals surface area contributed by atoms with E-state index in [-0.39, 0.29) is 5.91 Å². The van der Waals surface area contributed by atoms with Gasteiger partial charge >= 0.3 is 0 Å². The SMILES string of the molecule is CC(=O)N1Cc2ccc(-c3cc(C)ccn3)cc2CCc2cc(Cl)ccc21. The van der Waals surface area contributed by atoms with Crippen molar-refractivity contribution in [3.8, 4) is 11.3 Å². The van der Waals surface area contributed by atoms with Crippen LogP contribution in [0.2, 0.25) is 5.02 Å². The highest BCUT2D eigenvalue weighted by molar-refractivity contribution is 6.30. The van der Waals surface area contributed by atoms with Crippen LogP contribution >= 0.6 is 11.6 Å². The smallest absolute Gasteiger partial charge is 0.224 e. The van der Waals surface area contributed by atoms with E-state index in [1.165, 1.54) is 16.7 Å². The summed E-state index contributed by atoms with van der Waals surface area (Å²) in [6, 6.07) is 16.3. The third kappa shape index (κ3) is 3.60. The quantitative estimate of drug-likeness (QED) is 0.572. The molecular weight excluding hydrogens is 356 g/mol. The molecule has 1 amide bonds. The van der Waals surface area contributed by atoms with E-state index < -0.39 is 0 Å². The van der Waals surface area contributed by atoms with Gasteiger partial charge in [0.2, 0.25) is 5.91 Å². The zero-order chi connectivity index (χ0) is 19.0. The largest absolute Gasteiger partial charge is 0.308 e. The number of aromatic nitrogens is 1. The van der Waals surface area contributed by atoms with Crippen molar-refractivity contribution in [1.29, 1.82) is 0 Å². The fourth-order valence-electron chi connectivity index (χ4n) is 3.69. The van der Waals surface area contributed by atoms with Crippen LogP contribution in [-0.4, -0.2) is 10.9 Å². The van der Waals surface area contributed by atoms with E-state index in [0.717, 1.165) is 35.3 Å². The molecule has 1 aliphatic rings. The van der Waals surface area contributed by atoms with Gasteiger partial charge in [0.05, 0.1) is 12.2 Å². The Bertz CT molecular complexity index is 1030. The lowest BCUT2D eigenvalue weighted by atomic mass is 9.93. The van der Waals surface area contributed by atoms with Crippen LogP contribution in [0, 0.1) is 6.92 Å². The molecule has 3 nitrogen and oxygen atoms in total. The van der Waals surface area contributed by atoms with Gasteiger partial charge in [-0.2, -0.15) is 0 Å². The maximum absolute atomic E-state index is 12.3. The number of fused-ring (bicyclic) bond motifs is 2. The highest BCUT2D eigenvalue weighted by Crippen LogP contribution is 2.32. The number of nitrogens with zero attached hydrogens (tertiary/aromatic N) is 2. The number of pyridine rings is 1. The summed E-state index contributed by atoms with van der Waals surface area (Å²) < 4.78 is 0. The molecular formula is C23H21ClN2O. The van der Waals surface area contributed by atoms with Crippen LogP contribution in [0.4, 0.5) is 5.69 Å². The van der Waals surface area contributed by atoms with Crippen LogP contribution < -0.4 is 4.90 Å². The maximum atomic E-state index is 12.3. The number of benzene rings is 2. The zero-order valence-electron chi connectivity index (χ0n) is 15.5. The van der Waals surface area contributed by atoms with Crippen LogP contribution in [0.1, 0.15) is 29.2 Å². The van der Waals surface area contributed by atoms with Gasteiger partial charge in [0.1, 0.15) is 0 Å². The number of anilines is 1. The van der Waals surface area contributed by atoms with Gasteiger partial charge in [0.15, 0.2) is 0 Å². The Morgan fingerprint density at radius 1 is 1.00 bits per heavy atom. The Morgan fingerprint density at radius 3 is 2.59 bits per heavy atom. The van der Waals surface area contributed by atoms with Crippen molar-refractivity contribution in [2.45, 2.75) is 33.2 Å². The number of carbonyl (C=O) groups is 1. The molecule has 0 unspecified atom stereocenters. The van der Waals surface area contributed by atoms with Gasteiger partial charge in [-0.05, 0) is 78.4 Å². The van der Waals surface area contributed by atoms with E-state index in [9.17, 15) is 4.79 Å². The van der Waals surface area contributed by atoms with E-state index in [0.29, 0.717) is 11.6 Å². The van der Waals surface area contributed by atoms with Crippen molar-refractivity contribution in [3.05, 3.63) is 82.0 Å². The van der Waals surface area contributed by atoms with Crippen LogP contribution in [0.25, 0.3) is 11.3 Å². The summed E-state index contributed by atoms with van der Waals surface area (Å²) in [6.07, 6.45) is 3.60. The molecule has 0 saturated carbocycles. The number of carbonyl (C=O) groups excluding carboxylic acids is 1. The molecule has 0 radical (unpaired) electrons. The van der Waals surface area contributed by atoms with Gasteiger partial charge in [0.25, 0.3) is 0 Å². The number of rotatable bonds is 1. The first-order chi connectivity index (χ1) is 13.0. The summed E-state index contributed by atoms with van der Waals surface area (Å²) >= 11 is 6.21. The van der Waals surface area contributed by atoms with Crippen molar-refractivity contribution in [2.24, 2.45) is 0 Å². The summed E-state index contributed by atoms with van der Waals surface area (Å²) in [6.45, 7) is 4.26. The fourth-order valence-corrected chi connectivity index (χ4v) is 3.88. The Morgan fingerprint density at radius 2 is 1.81 bits per heavy atom. The Hall–Kier alpha value is -2.65. The van der Waals surface area contributed by atoms with E-state index in [1.807, 2.05) is 35.4 Å². The predicted molar refractivity (Wildman–Crippen MR) is 110 cm³/mol. The van der Waals surface area contributed by atoms with E-state index in [4.69, 9.17) is 11.6 Å². The summed E-state index contributed by atoms with van der Waals surface area (Å²) in [7, 11) is 0. The minimum absolute atomic E-state index is 0.0378. The van der Waals surface area contributed by atoms with Crippen molar-refractivity contribution in [3.63, 3.8) is 0 Å². The lowest BCUT2D eigenvalue weighted by Crippen LogP contribution is -2.30. The highest BCUT2D eigenvalue weighted by Gasteiger charge is 2.21. The molecule has 0 aliphatic carbocycles. The summed E-state index contributed by atoms with van der Waals surface area (Å²) in [5.74, 6) is 0.0378. The second kappa shape index (κ2) is 7.16. The fraction of sp³-hybridized carbons (Fsp3) is 0.217. The zero-order valence-corrected chi connectivity index (χ0v) is 16.3. The molecule has 3 aromatic rings. The van der Waals surface area contributed by atoms with Gasteiger partial charge in [-0.1, -0.05) is 23.7 Å². The van der Waals surface area contributed by atoms with Gasteiger partial charge in [-0.3, -0.25) is 9.78 Å². The second-order valence-electron chi connectivity index (χ2n) is 7.08. The third-order valence-electron chi connectivity index (χ3n) is 5.12. The normalized spacial score (nSPS) is 13.4. The van der Waals surface area contributed by atoms with Gasteiger partial charge in [-0.25, -0.2) is 0 Å². The first-order valence-electron chi connectivity index (χ1n) is 9.12. The van der Waals surface area contributed by atoms with Crippen molar-refractivity contribution >= 4 is 23.2 Å². The summed E-state index contributed by atoms with van der Waals surface area (Å²) in [5, 5.41) is 0.704. The molecule has 0 bridgehead atoms. The Kier molecular flexibility index (Phi) is 4.71. The Labute approximate surface area is 164 Å². The molecule has 2 heterocycles. The predicted octanol–water partition coefficient (Wildman–Crippen LogP) is 5.36. The molecule has 4 heteroatoms. The summed E-state index contributed by atoms with van der Waals surface area (Å²) in [5.41, 5.74) is 7.79. The average molecular weight is 377 g/mol. The van der Waals surface area contributed by atoms with E-state index in [1.54, 1.807) is 6.92 Å². The molecule has 0 N–H and O–H groups in total. The van der Waals surface area contributed by atoms with Gasteiger partial charge in [-0.15, -0.1) is 0 Å².